The Kier molecular flexibility index (Phi) is 4.74. The number of nitrogens with one attached hydrogen (secondary N) is 1. The molecule has 0 unspecified atom stereocenters. The second-order valence-corrected chi connectivity index (χ2v) is 5.16. The van der Waals surface area contributed by atoms with E-state index in [0.29, 0.717) is 12.2 Å². The van der Waals surface area contributed by atoms with Crippen LogP contribution in [0.1, 0.15) is 16.1 Å². The third-order valence-corrected chi connectivity index (χ3v) is 3.56. The maximum Gasteiger partial charge on any atom is 0.271 e. The van der Waals surface area contributed by atoms with E-state index >= 15 is 0 Å². The quantitative estimate of drug-likeness (QED) is 0.788. The normalized spacial score (nSPS) is 10.3. The van der Waals surface area contributed by atoms with E-state index in [4.69, 9.17) is 0 Å². The summed E-state index contributed by atoms with van der Waals surface area (Å²) in [5.74, 6) is -0.195. The molecule has 3 rings (SSSR count). The Labute approximate surface area is 135 Å². The highest BCUT2D eigenvalue weighted by molar-refractivity contribution is 5.91. The van der Waals surface area contributed by atoms with E-state index in [1.54, 1.807) is 6.20 Å². The van der Waals surface area contributed by atoms with Crippen LogP contribution in [0.25, 0.3) is 11.1 Å². The van der Waals surface area contributed by atoms with E-state index in [1.807, 2.05) is 18.2 Å². The molecule has 0 saturated heterocycles. The Bertz CT molecular complexity index is 756. The summed E-state index contributed by atoms with van der Waals surface area (Å²) < 4.78 is 0. The first-order chi connectivity index (χ1) is 11.3. The van der Waals surface area contributed by atoms with Gasteiger partial charge in [-0.1, -0.05) is 54.6 Å². The molecule has 1 aromatic heterocycles. The van der Waals surface area contributed by atoms with Gasteiger partial charge in [0.25, 0.3) is 5.91 Å². The molecule has 0 aliphatic heterocycles. The molecule has 1 amide bonds. The zero-order valence-corrected chi connectivity index (χ0v) is 12.6. The number of benzene rings is 2. The van der Waals surface area contributed by atoms with Gasteiger partial charge in [-0.25, -0.2) is 4.98 Å². The average Bonchev–Trinajstić information content (AvgIpc) is 2.64. The zero-order chi connectivity index (χ0) is 15.9. The molecule has 114 valence electrons. The molecule has 0 aliphatic carbocycles. The summed E-state index contributed by atoms with van der Waals surface area (Å²) in [7, 11) is 0. The number of amides is 1. The van der Waals surface area contributed by atoms with E-state index in [9.17, 15) is 4.79 Å². The van der Waals surface area contributed by atoms with Gasteiger partial charge in [0.1, 0.15) is 5.69 Å². The van der Waals surface area contributed by atoms with Crippen molar-refractivity contribution in [2.24, 2.45) is 0 Å². The highest BCUT2D eigenvalue weighted by Gasteiger charge is 2.05. The van der Waals surface area contributed by atoms with Crippen molar-refractivity contribution in [3.63, 3.8) is 0 Å². The Morgan fingerprint density at radius 3 is 2.35 bits per heavy atom. The highest BCUT2D eigenvalue weighted by Crippen LogP contribution is 2.19. The third kappa shape index (κ3) is 4.01. The van der Waals surface area contributed by atoms with Crippen LogP contribution >= 0.6 is 0 Å². The molecule has 4 heteroatoms. The molecule has 4 nitrogen and oxygen atoms in total. The SMILES string of the molecule is O=C(NCCc1ccc(-c2ccccc2)cc1)c1cnccn1. The number of hydrogen-bond acceptors (Lipinski definition) is 3. The predicted octanol–water partition coefficient (Wildman–Crippen LogP) is 3.12. The molecule has 0 bridgehead atoms. The van der Waals surface area contributed by atoms with Crippen LogP contribution in [-0.4, -0.2) is 22.4 Å². The Morgan fingerprint density at radius 1 is 0.913 bits per heavy atom. The van der Waals surface area contributed by atoms with Crippen LogP contribution < -0.4 is 5.32 Å². The van der Waals surface area contributed by atoms with Gasteiger partial charge in [0.15, 0.2) is 0 Å². The third-order valence-electron chi connectivity index (χ3n) is 3.56. The summed E-state index contributed by atoms with van der Waals surface area (Å²) in [5.41, 5.74) is 3.92. The molecule has 1 heterocycles. The summed E-state index contributed by atoms with van der Waals surface area (Å²) in [6.45, 7) is 0.570. The van der Waals surface area contributed by atoms with Crippen molar-refractivity contribution >= 4 is 5.91 Å². The van der Waals surface area contributed by atoms with Crippen molar-refractivity contribution in [2.75, 3.05) is 6.54 Å². The Balaban J connectivity index is 1.54. The lowest BCUT2D eigenvalue weighted by atomic mass is 10.0. The number of aromatic nitrogens is 2. The molecule has 0 aliphatic rings. The van der Waals surface area contributed by atoms with Gasteiger partial charge in [-0.05, 0) is 23.1 Å². The van der Waals surface area contributed by atoms with Gasteiger partial charge in [-0.3, -0.25) is 9.78 Å². The maximum atomic E-state index is 11.9. The van der Waals surface area contributed by atoms with E-state index in [0.717, 1.165) is 6.42 Å². The van der Waals surface area contributed by atoms with Crippen molar-refractivity contribution in [3.05, 3.63) is 84.4 Å². The topological polar surface area (TPSA) is 54.9 Å². The van der Waals surface area contributed by atoms with E-state index in [-0.39, 0.29) is 5.91 Å². The highest BCUT2D eigenvalue weighted by atomic mass is 16.1. The summed E-state index contributed by atoms with van der Waals surface area (Å²) >= 11 is 0. The van der Waals surface area contributed by atoms with Crippen molar-refractivity contribution in [2.45, 2.75) is 6.42 Å². The van der Waals surface area contributed by atoms with Gasteiger partial charge in [-0.15, -0.1) is 0 Å². The first-order valence-corrected chi connectivity index (χ1v) is 7.51. The van der Waals surface area contributed by atoms with E-state index in [1.165, 1.54) is 29.1 Å². The monoisotopic (exact) mass is 303 g/mol. The Morgan fingerprint density at radius 2 is 1.65 bits per heavy atom. The van der Waals surface area contributed by atoms with Crippen LogP contribution in [0.15, 0.2) is 73.2 Å². The van der Waals surface area contributed by atoms with Crippen LogP contribution in [0.5, 0.6) is 0 Å². The van der Waals surface area contributed by atoms with Crippen molar-refractivity contribution in [1.82, 2.24) is 15.3 Å². The van der Waals surface area contributed by atoms with Crippen molar-refractivity contribution < 1.29 is 4.79 Å². The molecule has 2 aromatic carbocycles. The molecule has 0 atom stereocenters. The fourth-order valence-corrected chi connectivity index (χ4v) is 2.32. The van der Waals surface area contributed by atoms with Gasteiger partial charge in [-0.2, -0.15) is 0 Å². The molecule has 23 heavy (non-hydrogen) atoms. The summed E-state index contributed by atoms with van der Waals surface area (Å²) in [6.07, 6.45) is 5.30. The Hall–Kier alpha value is -3.01. The minimum Gasteiger partial charge on any atom is -0.350 e. The molecule has 1 N–H and O–H groups in total. The number of rotatable bonds is 5. The second-order valence-electron chi connectivity index (χ2n) is 5.16. The van der Waals surface area contributed by atoms with Gasteiger partial charge in [0, 0.05) is 18.9 Å². The van der Waals surface area contributed by atoms with Crippen LogP contribution in [0.2, 0.25) is 0 Å². The summed E-state index contributed by atoms with van der Waals surface area (Å²) in [6, 6.07) is 18.7. The number of carbonyl (C=O) groups is 1. The minimum absolute atomic E-state index is 0.195. The van der Waals surface area contributed by atoms with Gasteiger partial charge < -0.3 is 5.32 Å². The fourth-order valence-electron chi connectivity index (χ4n) is 2.32. The molecule has 0 radical (unpaired) electrons. The molecule has 0 spiro atoms. The molecule has 3 aromatic rings. The zero-order valence-electron chi connectivity index (χ0n) is 12.6. The first kappa shape index (κ1) is 14.9. The molecular formula is C19H17N3O. The van der Waals surface area contributed by atoms with E-state index in [2.05, 4.69) is 51.7 Å². The molecule has 0 saturated carbocycles. The first-order valence-electron chi connectivity index (χ1n) is 7.51. The minimum atomic E-state index is -0.195. The van der Waals surface area contributed by atoms with Gasteiger partial charge in [0.05, 0.1) is 6.20 Å². The van der Waals surface area contributed by atoms with Gasteiger partial charge >= 0.3 is 0 Å². The molecular weight excluding hydrogens is 286 g/mol. The number of nitrogens with zero attached hydrogens (tertiary/aromatic N) is 2. The lowest BCUT2D eigenvalue weighted by Crippen LogP contribution is -2.26. The lowest BCUT2D eigenvalue weighted by molar-refractivity contribution is 0.0948. The standard InChI is InChI=1S/C19H17N3O/c23-19(18-14-20-12-13-21-18)22-11-10-15-6-8-17(9-7-15)16-4-2-1-3-5-16/h1-9,12-14H,10-11H2,(H,22,23). The van der Waals surface area contributed by atoms with Gasteiger partial charge in [0.2, 0.25) is 0 Å². The van der Waals surface area contributed by atoms with Crippen molar-refractivity contribution in [3.8, 4) is 11.1 Å². The fraction of sp³-hybridized carbons (Fsp3) is 0.105. The average molecular weight is 303 g/mol. The maximum absolute atomic E-state index is 11.9. The smallest absolute Gasteiger partial charge is 0.271 e. The number of hydrogen-bond donors (Lipinski definition) is 1. The van der Waals surface area contributed by atoms with Crippen LogP contribution in [0, 0.1) is 0 Å². The summed E-state index contributed by atoms with van der Waals surface area (Å²) in [5, 5.41) is 2.85. The lowest BCUT2D eigenvalue weighted by Gasteiger charge is -2.06. The van der Waals surface area contributed by atoms with Crippen molar-refractivity contribution in [1.29, 1.82) is 0 Å². The van der Waals surface area contributed by atoms with E-state index < -0.39 is 0 Å². The van der Waals surface area contributed by atoms with Crippen LogP contribution in [0.4, 0.5) is 0 Å². The predicted molar refractivity (Wildman–Crippen MR) is 89.9 cm³/mol. The largest absolute Gasteiger partial charge is 0.350 e. The summed E-state index contributed by atoms with van der Waals surface area (Å²) in [4.78, 5) is 19.7. The molecule has 0 fully saturated rings. The van der Waals surface area contributed by atoms with Crippen LogP contribution in [-0.2, 0) is 6.42 Å². The number of carbonyl (C=O) groups excluding carboxylic acids is 1. The van der Waals surface area contributed by atoms with Crippen LogP contribution in [0.3, 0.4) is 0 Å². The second kappa shape index (κ2) is 7.31.